The molecule has 0 atom stereocenters. The summed E-state index contributed by atoms with van der Waals surface area (Å²) in [6.07, 6.45) is 8.54. The quantitative estimate of drug-likeness (QED) is 0.777. The minimum absolute atomic E-state index is 0.357. The molecule has 0 aliphatic rings. The van der Waals surface area contributed by atoms with Crippen LogP contribution in [0.25, 0.3) is 5.69 Å². The van der Waals surface area contributed by atoms with Crippen LogP contribution in [0.15, 0.2) is 24.8 Å². The highest BCUT2D eigenvalue weighted by atomic mass is 16.5. The highest BCUT2D eigenvalue weighted by molar-refractivity contribution is 5.39. The largest absolute Gasteiger partial charge is 0.385 e. The zero-order valence-corrected chi connectivity index (χ0v) is 11.7. The summed E-state index contributed by atoms with van der Waals surface area (Å²) in [6, 6.07) is 0.357. The van der Waals surface area contributed by atoms with Crippen LogP contribution < -0.4 is 5.32 Å². The van der Waals surface area contributed by atoms with E-state index in [1.807, 2.05) is 27.8 Å². The Balaban J connectivity index is 2.05. The smallest absolute Gasteiger partial charge is 0.207 e. The third-order valence-electron chi connectivity index (χ3n) is 2.84. The molecule has 0 spiro atoms. The van der Waals surface area contributed by atoms with E-state index in [9.17, 15) is 0 Å². The highest BCUT2D eigenvalue weighted by Gasteiger charge is 2.07. The van der Waals surface area contributed by atoms with Crippen molar-refractivity contribution in [3.05, 3.63) is 24.8 Å². The molecule has 0 aliphatic carbocycles. The topological polar surface area (TPSA) is 56.9 Å². The van der Waals surface area contributed by atoms with E-state index in [2.05, 4.69) is 29.2 Å². The monoisotopic (exact) mass is 263 g/mol. The lowest BCUT2D eigenvalue weighted by molar-refractivity contribution is 0.197. The van der Waals surface area contributed by atoms with Crippen molar-refractivity contribution in [3.63, 3.8) is 0 Å². The van der Waals surface area contributed by atoms with Crippen molar-refractivity contribution in [2.45, 2.75) is 26.3 Å². The maximum atomic E-state index is 5.03. The van der Waals surface area contributed by atoms with E-state index < -0.39 is 0 Å². The Morgan fingerprint density at radius 2 is 2.26 bits per heavy atom. The van der Waals surface area contributed by atoms with Crippen LogP contribution in [0.5, 0.6) is 0 Å². The molecule has 0 aromatic carbocycles. The van der Waals surface area contributed by atoms with Gasteiger partial charge in [0.1, 0.15) is 0 Å². The number of ether oxygens (including phenoxy) is 1. The molecule has 2 aromatic rings. The van der Waals surface area contributed by atoms with E-state index in [-0.39, 0.29) is 0 Å². The molecule has 0 aliphatic heterocycles. The normalized spacial score (nSPS) is 11.2. The van der Waals surface area contributed by atoms with Crippen LogP contribution in [0.4, 0.5) is 5.95 Å². The van der Waals surface area contributed by atoms with Gasteiger partial charge in [0.25, 0.3) is 0 Å². The van der Waals surface area contributed by atoms with Gasteiger partial charge in [0, 0.05) is 44.9 Å². The lowest BCUT2D eigenvalue weighted by Gasteiger charge is -2.08. The zero-order chi connectivity index (χ0) is 13.7. The molecule has 0 amide bonds. The van der Waals surface area contributed by atoms with Gasteiger partial charge in [-0.05, 0) is 20.3 Å². The van der Waals surface area contributed by atoms with Gasteiger partial charge in [-0.15, -0.1) is 0 Å². The third-order valence-corrected chi connectivity index (χ3v) is 2.84. The molecule has 6 nitrogen and oxygen atoms in total. The van der Waals surface area contributed by atoms with E-state index in [4.69, 9.17) is 4.74 Å². The Kier molecular flexibility index (Phi) is 4.57. The van der Waals surface area contributed by atoms with Gasteiger partial charge in [-0.25, -0.2) is 4.98 Å². The van der Waals surface area contributed by atoms with E-state index in [0.717, 1.165) is 31.2 Å². The number of hydrogen-bond acceptors (Lipinski definition) is 4. The van der Waals surface area contributed by atoms with Gasteiger partial charge in [0.05, 0.1) is 11.9 Å². The van der Waals surface area contributed by atoms with Crippen molar-refractivity contribution < 1.29 is 4.74 Å². The van der Waals surface area contributed by atoms with Crippen molar-refractivity contribution >= 4 is 5.95 Å². The van der Waals surface area contributed by atoms with Crippen LogP contribution in [0.1, 0.15) is 26.3 Å². The minimum Gasteiger partial charge on any atom is -0.385 e. The molecular formula is C13H21N5O. The first-order valence-electron chi connectivity index (χ1n) is 6.53. The van der Waals surface area contributed by atoms with E-state index in [1.165, 1.54) is 0 Å². The maximum Gasteiger partial charge on any atom is 0.207 e. The maximum absolute atomic E-state index is 5.03. The second kappa shape index (κ2) is 6.38. The van der Waals surface area contributed by atoms with Crippen molar-refractivity contribution in [1.82, 2.24) is 19.3 Å². The van der Waals surface area contributed by atoms with E-state index in [1.54, 1.807) is 13.3 Å². The fourth-order valence-electron chi connectivity index (χ4n) is 1.79. The molecule has 0 saturated heterocycles. The van der Waals surface area contributed by atoms with E-state index >= 15 is 0 Å². The van der Waals surface area contributed by atoms with Gasteiger partial charge < -0.3 is 10.1 Å². The summed E-state index contributed by atoms with van der Waals surface area (Å²) >= 11 is 0. The Hall–Kier alpha value is -1.82. The Morgan fingerprint density at radius 3 is 2.95 bits per heavy atom. The number of imidazole rings is 1. The third kappa shape index (κ3) is 3.35. The first kappa shape index (κ1) is 13.6. The highest BCUT2D eigenvalue weighted by Crippen LogP contribution is 2.15. The van der Waals surface area contributed by atoms with E-state index in [0.29, 0.717) is 6.04 Å². The molecular weight excluding hydrogens is 242 g/mol. The number of nitrogens with one attached hydrogen (secondary N) is 1. The van der Waals surface area contributed by atoms with Crippen molar-refractivity contribution in [1.29, 1.82) is 0 Å². The number of aromatic nitrogens is 4. The van der Waals surface area contributed by atoms with Crippen molar-refractivity contribution in [2.24, 2.45) is 0 Å². The van der Waals surface area contributed by atoms with Crippen LogP contribution >= 0.6 is 0 Å². The molecule has 0 unspecified atom stereocenters. The number of nitrogens with zero attached hydrogens (tertiary/aromatic N) is 4. The molecule has 2 rings (SSSR count). The summed E-state index contributed by atoms with van der Waals surface area (Å²) in [4.78, 5) is 4.32. The Labute approximate surface area is 113 Å². The summed E-state index contributed by atoms with van der Waals surface area (Å²) in [6.45, 7) is 5.80. The molecule has 0 saturated carbocycles. The van der Waals surface area contributed by atoms with Gasteiger partial charge in [-0.2, -0.15) is 5.10 Å². The fourth-order valence-corrected chi connectivity index (χ4v) is 1.79. The average Bonchev–Trinajstić information content (AvgIpc) is 3.02. The number of methoxy groups -OCH3 is 1. The summed E-state index contributed by atoms with van der Waals surface area (Å²) in [7, 11) is 1.71. The standard InChI is InChI=1S/C13H21N5O/c1-11(2)18-10-12(9-16-18)17-7-6-15-13(17)14-5-4-8-19-3/h6-7,9-11H,4-5,8H2,1-3H3,(H,14,15). The first-order valence-corrected chi connectivity index (χ1v) is 6.53. The summed E-state index contributed by atoms with van der Waals surface area (Å²) in [5.74, 6) is 0.833. The molecule has 1 N–H and O–H groups in total. The predicted molar refractivity (Wildman–Crippen MR) is 74.7 cm³/mol. The molecule has 19 heavy (non-hydrogen) atoms. The number of rotatable bonds is 7. The minimum atomic E-state index is 0.357. The molecule has 0 fully saturated rings. The van der Waals surface area contributed by atoms with Gasteiger partial charge in [-0.1, -0.05) is 0 Å². The Bertz CT molecular complexity index is 503. The van der Waals surface area contributed by atoms with Gasteiger partial charge in [-0.3, -0.25) is 9.25 Å². The molecule has 6 heteroatoms. The second-order valence-electron chi connectivity index (χ2n) is 4.67. The number of anilines is 1. The van der Waals surface area contributed by atoms with Gasteiger partial charge in [0.2, 0.25) is 5.95 Å². The lowest BCUT2D eigenvalue weighted by atomic mass is 10.4. The summed E-state index contributed by atoms with van der Waals surface area (Å²) < 4.78 is 8.96. The fraction of sp³-hybridized carbons (Fsp3) is 0.538. The van der Waals surface area contributed by atoms with Crippen molar-refractivity contribution in [3.8, 4) is 5.69 Å². The molecule has 2 heterocycles. The first-order chi connectivity index (χ1) is 9.22. The van der Waals surface area contributed by atoms with Crippen LogP contribution in [0, 0.1) is 0 Å². The van der Waals surface area contributed by atoms with Gasteiger partial charge in [0.15, 0.2) is 0 Å². The Morgan fingerprint density at radius 1 is 1.42 bits per heavy atom. The van der Waals surface area contributed by atoms with Gasteiger partial charge >= 0.3 is 0 Å². The second-order valence-corrected chi connectivity index (χ2v) is 4.67. The van der Waals surface area contributed by atoms with Crippen molar-refractivity contribution in [2.75, 3.05) is 25.6 Å². The lowest BCUT2D eigenvalue weighted by Crippen LogP contribution is -2.09. The summed E-state index contributed by atoms with van der Waals surface area (Å²) in [5.41, 5.74) is 1.01. The zero-order valence-electron chi connectivity index (χ0n) is 11.7. The van der Waals surface area contributed by atoms with Crippen LogP contribution in [0.3, 0.4) is 0 Å². The van der Waals surface area contributed by atoms with Crippen LogP contribution in [-0.4, -0.2) is 39.6 Å². The number of hydrogen-bond donors (Lipinski definition) is 1. The molecule has 104 valence electrons. The summed E-state index contributed by atoms with van der Waals surface area (Å²) in [5, 5.41) is 7.64. The molecule has 0 radical (unpaired) electrons. The SMILES string of the molecule is COCCCNc1nccn1-c1cnn(C(C)C)c1. The predicted octanol–water partition coefficient (Wildman–Crippen LogP) is 2.10. The average molecular weight is 263 g/mol. The van der Waals surface area contributed by atoms with Crippen LogP contribution in [-0.2, 0) is 4.74 Å². The van der Waals surface area contributed by atoms with Crippen LogP contribution in [0.2, 0.25) is 0 Å². The molecule has 2 aromatic heterocycles. The molecule has 0 bridgehead atoms.